The number of rotatable bonds is 4. The van der Waals surface area contributed by atoms with Crippen LogP contribution in [0.2, 0.25) is 0 Å². The lowest BCUT2D eigenvalue weighted by atomic mass is 10.0. The zero-order chi connectivity index (χ0) is 10.7. The number of thiophene rings is 1. The SMILES string of the molecule is COc1ccc(CNC2(C)CCOC2)s1. The average Bonchev–Trinajstić information content (AvgIpc) is 2.84. The molecular weight excluding hydrogens is 210 g/mol. The predicted octanol–water partition coefficient (Wildman–Crippen LogP) is 2.03. The molecule has 0 aromatic carbocycles. The Bertz CT molecular complexity index is 318. The Labute approximate surface area is 94.4 Å². The molecule has 0 spiro atoms. The van der Waals surface area contributed by atoms with E-state index in [1.807, 2.05) is 6.07 Å². The lowest BCUT2D eigenvalue weighted by molar-refractivity contribution is 0.171. The number of methoxy groups -OCH3 is 1. The highest BCUT2D eigenvalue weighted by Gasteiger charge is 2.28. The van der Waals surface area contributed by atoms with Crippen molar-refractivity contribution in [1.29, 1.82) is 0 Å². The molecule has 1 aliphatic rings. The Balaban J connectivity index is 1.87. The van der Waals surface area contributed by atoms with Gasteiger partial charge in [-0.3, -0.25) is 0 Å². The van der Waals surface area contributed by atoms with Crippen LogP contribution in [0.1, 0.15) is 18.2 Å². The van der Waals surface area contributed by atoms with Crippen molar-refractivity contribution in [2.45, 2.75) is 25.4 Å². The molecule has 0 bridgehead atoms. The third kappa shape index (κ3) is 2.71. The third-order valence-corrected chi connectivity index (χ3v) is 3.79. The molecule has 1 N–H and O–H groups in total. The molecule has 15 heavy (non-hydrogen) atoms. The molecule has 4 heteroatoms. The fraction of sp³-hybridized carbons (Fsp3) is 0.636. The minimum Gasteiger partial charge on any atom is -0.487 e. The summed E-state index contributed by atoms with van der Waals surface area (Å²) in [5.41, 5.74) is 0.150. The molecule has 1 atom stereocenters. The van der Waals surface area contributed by atoms with Gasteiger partial charge in [0.1, 0.15) is 0 Å². The summed E-state index contributed by atoms with van der Waals surface area (Å²) in [6, 6.07) is 4.12. The second-order valence-corrected chi connectivity index (χ2v) is 5.27. The van der Waals surface area contributed by atoms with Crippen LogP contribution in [0.5, 0.6) is 5.06 Å². The Morgan fingerprint density at radius 3 is 3.07 bits per heavy atom. The van der Waals surface area contributed by atoms with Crippen LogP contribution in [-0.4, -0.2) is 25.9 Å². The van der Waals surface area contributed by atoms with Gasteiger partial charge >= 0.3 is 0 Å². The van der Waals surface area contributed by atoms with Crippen LogP contribution < -0.4 is 10.1 Å². The molecule has 1 aliphatic heterocycles. The van der Waals surface area contributed by atoms with Gasteiger partial charge in [-0.1, -0.05) is 0 Å². The number of hydrogen-bond acceptors (Lipinski definition) is 4. The molecule has 1 saturated heterocycles. The molecule has 1 aromatic heterocycles. The van der Waals surface area contributed by atoms with E-state index in [0.717, 1.165) is 31.2 Å². The van der Waals surface area contributed by atoms with E-state index in [0.29, 0.717) is 0 Å². The maximum atomic E-state index is 5.39. The molecule has 1 unspecified atom stereocenters. The number of ether oxygens (including phenoxy) is 2. The molecular formula is C11H17NO2S. The van der Waals surface area contributed by atoms with E-state index in [-0.39, 0.29) is 5.54 Å². The monoisotopic (exact) mass is 227 g/mol. The zero-order valence-corrected chi connectivity index (χ0v) is 10.0. The van der Waals surface area contributed by atoms with Crippen LogP contribution >= 0.6 is 11.3 Å². The van der Waals surface area contributed by atoms with Crippen molar-refractivity contribution >= 4 is 11.3 Å². The van der Waals surface area contributed by atoms with Crippen molar-refractivity contribution in [1.82, 2.24) is 5.32 Å². The molecule has 0 radical (unpaired) electrons. The summed E-state index contributed by atoms with van der Waals surface area (Å²) in [6.07, 6.45) is 1.09. The first kappa shape index (κ1) is 10.9. The van der Waals surface area contributed by atoms with E-state index in [9.17, 15) is 0 Å². The van der Waals surface area contributed by atoms with Crippen LogP contribution in [0.25, 0.3) is 0 Å². The quantitative estimate of drug-likeness (QED) is 0.853. The van der Waals surface area contributed by atoms with Crippen molar-refractivity contribution in [3.8, 4) is 5.06 Å². The zero-order valence-electron chi connectivity index (χ0n) is 9.21. The van der Waals surface area contributed by atoms with Gasteiger partial charge in [-0.2, -0.15) is 0 Å². The molecule has 3 nitrogen and oxygen atoms in total. The van der Waals surface area contributed by atoms with Crippen LogP contribution in [0.3, 0.4) is 0 Å². The van der Waals surface area contributed by atoms with Crippen LogP contribution in [0.15, 0.2) is 12.1 Å². The normalized spacial score (nSPS) is 25.7. The van der Waals surface area contributed by atoms with Crippen molar-refractivity contribution in [2.75, 3.05) is 20.3 Å². The summed E-state index contributed by atoms with van der Waals surface area (Å²) in [5, 5.41) is 4.51. The van der Waals surface area contributed by atoms with Gasteiger partial charge in [0.25, 0.3) is 0 Å². The van der Waals surface area contributed by atoms with Gasteiger partial charge in [-0.15, -0.1) is 11.3 Å². The average molecular weight is 227 g/mol. The van der Waals surface area contributed by atoms with E-state index < -0.39 is 0 Å². The van der Waals surface area contributed by atoms with E-state index >= 15 is 0 Å². The molecule has 2 rings (SSSR count). The lowest BCUT2D eigenvalue weighted by Crippen LogP contribution is -2.42. The standard InChI is InChI=1S/C11H17NO2S/c1-11(5-6-14-8-11)12-7-9-3-4-10(13-2)15-9/h3-4,12H,5-8H2,1-2H3. The lowest BCUT2D eigenvalue weighted by Gasteiger charge is -2.23. The van der Waals surface area contributed by atoms with Crippen LogP contribution in [0, 0.1) is 0 Å². The van der Waals surface area contributed by atoms with Gasteiger partial charge in [0.15, 0.2) is 5.06 Å². The molecule has 0 saturated carbocycles. The third-order valence-electron chi connectivity index (χ3n) is 2.75. The summed E-state index contributed by atoms with van der Waals surface area (Å²) in [4.78, 5) is 1.31. The van der Waals surface area contributed by atoms with Gasteiger partial charge < -0.3 is 14.8 Å². The van der Waals surface area contributed by atoms with E-state index in [4.69, 9.17) is 9.47 Å². The minimum atomic E-state index is 0.150. The van der Waals surface area contributed by atoms with Crippen molar-refractivity contribution in [2.24, 2.45) is 0 Å². The fourth-order valence-corrected chi connectivity index (χ4v) is 2.43. The van der Waals surface area contributed by atoms with Crippen LogP contribution in [0.4, 0.5) is 0 Å². The van der Waals surface area contributed by atoms with Gasteiger partial charge in [0, 0.05) is 23.6 Å². The topological polar surface area (TPSA) is 30.5 Å². The first-order valence-electron chi connectivity index (χ1n) is 5.17. The molecule has 84 valence electrons. The van der Waals surface area contributed by atoms with E-state index in [1.165, 1.54) is 4.88 Å². The highest BCUT2D eigenvalue weighted by atomic mass is 32.1. The second-order valence-electron chi connectivity index (χ2n) is 4.14. The Hall–Kier alpha value is -0.580. The first-order chi connectivity index (χ1) is 7.22. The number of hydrogen-bond donors (Lipinski definition) is 1. The summed E-state index contributed by atoms with van der Waals surface area (Å²) in [5.74, 6) is 0. The maximum absolute atomic E-state index is 5.39. The Kier molecular flexibility index (Phi) is 3.29. The van der Waals surface area contributed by atoms with Gasteiger partial charge in [0.05, 0.1) is 13.7 Å². The highest BCUT2D eigenvalue weighted by Crippen LogP contribution is 2.25. The summed E-state index contributed by atoms with van der Waals surface area (Å²) >= 11 is 1.69. The molecule has 1 fully saturated rings. The minimum absolute atomic E-state index is 0.150. The smallest absolute Gasteiger partial charge is 0.173 e. The van der Waals surface area contributed by atoms with Gasteiger partial charge in [-0.25, -0.2) is 0 Å². The number of nitrogens with one attached hydrogen (secondary N) is 1. The second kappa shape index (κ2) is 4.51. The summed E-state index contributed by atoms with van der Waals surface area (Å²) in [6.45, 7) is 4.80. The largest absolute Gasteiger partial charge is 0.487 e. The van der Waals surface area contributed by atoms with Crippen molar-refractivity contribution < 1.29 is 9.47 Å². The fourth-order valence-electron chi connectivity index (χ4n) is 1.67. The Morgan fingerprint density at radius 1 is 1.60 bits per heavy atom. The van der Waals surface area contributed by atoms with E-state index in [1.54, 1.807) is 18.4 Å². The van der Waals surface area contributed by atoms with Crippen molar-refractivity contribution in [3.05, 3.63) is 17.0 Å². The molecule has 2 heterocycles. The van der Waals surface area contributed by atoms with Crippen LogP contribution in [-0.2, 0) is 11.3 Å². The highest BCUT2D eigenvalue weighted by molar-refractivity contribution is 7.13. The van der Waals surface area contributed by atoms with Gasteiger partial charge in [-0.05, 0) is 25.5 Å². The van der Waals surface area contributed by atoms with Crippen molar-refractivity contribution in [3.63, 3.8) is 0 Å². The molecule has 0 amide bonds. The Morgan fingerprint density at radius 2 is 2.47 bits per heavy atom. The van der Waals surface area contributed by atoms with E-state index in [2.05, 4.69) is 18.3 Å². The molecule has 1 aromatic rings. The summed E-state index contributed by atoms with van der Waals surface area (Å²) in [7, 11) is 1.70. The maximum Gasteiger partial charge on any atom is 0.173 e. The first-order valence-corrected chi connectivity index (χ1v) is 5.99. The van der Waals surface area contributed by atoms with Gasteiger partial charge in [0.2, 0.25) is 0 Å². The molecule has 0 aliphatic carbocycles. The summed E-state index contributed by atoms with van der Waals surface area (Å²) < 4.78 is 10.5. The predicted molar refractivity (Wildman–Crippen MR) is 61.6 cm³/mol.